The summed E-state index contributed by atoms with van der Waals surface area (Å²) in [5, 5.41) is 0. The van der Waals surface area contributed by atoms with Gasteiger partial charge in [-0.25, -0.2) is 8.78 Å². The Morgan fingerprint density at radius 1 is 1.62 bits per heavy atom. The van der Waals surface area contributed by atoms with Gasteiger partial charge in [0.25, 0.3) is 6.43 Å². The van der Waals surface area contributed by atoms with Crippen LogP contribution in [-0.2, 0) is 5.88 Å². The molecule has 0 saturated carbocycles. The van der Waals surface area contributed by atoms with Gasteiger partial charge in [-0.15, -0.1) is 11.6 Å². The van der Waals surface area contributed by atoms with Crippen molar-refractivity contribution in [3.63, 3.8) is 0 Å². The molecule has 3 nitrogen and oxygen atoms in total. The van der Waals surface area contributed by atoms with Gasteiger partial charge in [-0.05, 0) is 0 Å². The molecule has 1 aromatic heterocycles. The van der Waals surface area contributed by atoms with Gasteiger partial charge in [0.1, 0.15) is 5.82 Å². The SMILES string of the molecule is Nc1[nH]c(=O)cc(C(F)F)c1CCl. The quantitative estimate of drug-likeness (QED) is 0.726. The van der Waals surface area contributed by atoms with Gasteiger partial charge in [0.05, 0.1) is 5.88 Å². The number of nitrogens with one attached hydrogen (secondary N) is 1. The zero-order valence-corrected chi connectivity index (χ0v) is 7.24. The minimum Gasteiger partial charge on any atom is -0.385 e. The average Bonchev–Trinajstić information content (AvgIpc) is 2.02. The first-order valence-corrected chi connectivity index (χ1v) is 3.95. The van der Waals surface area contributed by atoms with Gasteiger partial charge >= 0.3 is 0 Å². The Kier molecular flexibility index (Phi) is 2.87. The molecule has 0 saturated heterocycles. The highest BCUT2D eigenvalue weighted by molar-refractivity contribution is 6.17. The number of nitrogens with two attached hydrogens (primary N) is 1. The molecule has 13 heavy (non-hydrogen) atoms. The standard InChI is InChI=1S/C7H7ClF2N2O/c8-2-4-3(6(9)10)1-5(13)12-7(4)11/h1,6H,2H2,(H3,11,12,13). The lowest BCUT2D eigenvalue weighted by Gasteiger charge is -2.07. The number of hydrogen-bond acceptors (Lipinski definition) is 2. The summed E-state index contributed by atoms with van der Waals surface area (Å²) in [6.07, 6.45) is -2.74. The van der Waals surface area contributed by atoms with E-state index < -0.39 is 17.5 Å². The van der Waals surface area contributed by atoms with Crippen LogP contribution in [0.2, 0.25) is 0 Å². The lowest BCUT2D eigenvalue weighted by Crippen LogP contribution is -2.13. The van der Waals surface area contributed by atoms with Crippen molar-refractivity contribution in [3.05, 3.63) is 27.5 Å². The van der Waals surface area contributed by atoms with Gasteiger partial charge in [-0.3, -0.25) is 4.79 Å². The number of anilines is 1. The van der Waals surface area contributed by atoms with Crippen molar-refractivity contribution in [2.24, 2.45) is 0 Å². The Labute approximate surface area is 77.5 Å². The van der Waals surface area contributed by atoms with Crippen LogP contribution in [0.4, 0.5) is 14.6 Å². The number of rotatable bonds is 2. The Morgan fingerprint density at radius 2 is 2.23 bits per heavy atom. The van der Waals surface area contributed by atoms with Crippen LogP contribution < -0.4 is 11.3 Å². The fraction of sp³-hybridized carbons (Fsp3) is 0.286. The molecule has 0 fully saturated rings. The van der Waals surface area contributed by atoms with Crippen LogP contribution in [0.15, 0.2) is 10.9 Å². The van der Waals surface area contributed by atoms with Crippen molar-refractivity contribution in [1.29, 1.82) is 0 Å². The summed E-state index contributed by atoms with van der Waals surface area (Å²) in [4.78, 5) is 13.0. The van der Waals surface area contributed by atoms with Crippen molar-refractivity contribution in [1.82, 2.24) is 4.98 Å². The highest BCUT2D eigenvalue weighted by Crippen LogP contribution is 2.25. The third kappa shape index (κ3) is 1.98. The number of nitrogen functional groups attached to an aromatic ring is 1. The Hall–Kier alpha value is -1.10. The molecule has 0 amide bonds. The third-order valence-electron chi connectivity index (χ3n) is 1.59. The summed E-state index contributed by atoms with van der Waals surface area (Å²) in [5.41, 5.74) is 4.32. The van der Waals surface area contributed by atoms with E-state index in [4.69, 9.17) is 17.3 Å². The number of aromatic amines is 1. The maximum absolute atomic E-state index is 12.3. The summed E-state index contributed by atoms with van der Waals surface area (Å²) in [5.74, 6) is -0.250. The average molecular weight is 209 g/mol. The van der Waals surface area contributed by atoms with Crippen LogP contribution in [0.3, 0.4) is 0 Å². The number of H-pyrrole nitrogens is 1. The van der Waals surface area contributed by atoms with Crippen LogP contribution in [0, 0.1) is 0 Å². The van der Waals surface area contributed by atoms with Crippen LogP contribution in [0.5, 0.6) is 0 Å². The van der Waals surface area contributed by atoms with E-state index in [1.807, 2.05) is 0 Å². The molecule has 0 radical (unpaired) electrons. The molecular formula is C7H7ClF2N2O. The van der Waals surface area contributed by atoms with Crippen molar-refractivity contribution in [3.8, 4) is 0 Å². The second-order valence-electron chi connectivity index (χ2n) is 2.42. The van der Waals surface area contributed by atoms with E-state index in [-0.39, 0.29) is 17.3 Å². The van der Waals surface area contributed by atoms with Crippen molar-refractivity contribution in [2.75, 3.05) is 5.73 Å². The van der Waals surface area contributed by atoms with E-state index in [2.05, 4.69) is 4.98 Å². The van der Waals surface area contributed by atoms with Gasteiger partial charge in [0, 0.05) is 17.2 Å². The highest BCUT2D eigenvalue weighted by Gasteiger charge is 2.15. The van der Waals surface area contributed by atoms with Gasteiger partial charge in [-0.1, -0.05) is 0 Å². The lowest BCUT2D eigenvalue weighted by atomic mass is 10.1. The molecule has 0 atom stereocenters. The van der Waals surface area contributed by atoms with E-state index >= 15 is 0 Å². The lowest BCUT2D eigenvalue weighted by molar-refractivity contribution is 0.150. The van der Waals surface area contributed by atoms with E-state index in [0.717, 1.165) is 6.07 Å². The molecule has 1 heterocycles. The molecule has 0 aliphatic rings. The van der Waals surface area contributed by atoms with Crippen molar-refractivity contribution >= 4 is 17.4 Å². The summed E-state index contributed by atoms with van der Waals surface area (Å²) < 4.78 is 24.6. The minimum atomic E-state index is -2.74. The molecule has 0 unspecified atom stereocenters. The monoisotopic (exact) mass is 208 g/mol. The Balaban J connectivity index is 3.38. The number of aromatic nitrogens is 1. The predicted octanol–water partition coefficient (Wildman–Crippen LogP) is 1.63. The smallest absolute Gasteiger partial charge is 0.264 e. The third-order valence-corrected chi connectivity index (χ3v) is 1.85. The summed E-state index contributed by atoms with van der Waals surface area (Å²) >= 11 is 5.40. The van der Waals surface area contributed by atoms with E-state index in [0.29, 0.717) is 0 Å². The van der Waals surface area contributed by atoms with Crippen molar-refractivity contribution < 1.29 is 8.78 Å². The molecule has 3 N–H and O–H groups in total. The van der Waals surface area contributed by atoms with Gasteiger partial charge < -0.3 is 10.7 Å². The van der Waals surface area contributed by atoms with E-state index in [9.17, 15) is 13.6 Å². The largest absolute Gasteiger partial charge is 0.385 e. The normalized spacial score (nSPS) is 10.8. The Bertz CT molecular complexity index is 364. The summed E-state index contributed by atoms with van der Waals surface area (Å²) in [6.45, 7) is 0. The molecule has 1 aromatic rings. The molecule has 0 aromatic carbocycles. The van der Waals surface area contributed by atoms with Crippen LogP contribution in [-0.4, -0.2) is 4.98 Å². The molecule has 6 heteroatoms. The number of alkyl halides is 3. The molecule has 0 aliphatic heterocycles. The molecule has 0 bridgehead atoms. The first-order valence-electron chi connectivity index (χ1n) is 3.42. The van der Waals surface area contributed by atoms with Crippen LogP contribution in [0.25, 0.3) is 0 Å². The highest BCUT2D eigenvalue weighted by atomic mass is 35.5. The number of hydrogen-bond donors (Lipinski definition) is 2. The van der Waals surface area contributed by atoms with Gasteiger partial charge in [0.2, 0.25) is 5.56 Å². The maximum atomic E-state index is 12.3. The zero-order chi connectivity index (χ0) is 10.0. The molecule has 1 rings (SSSR count). The first kappa shape index (κ1) is 9.98. The summed E-state index contributed by atoms with van der Waals surface area (Å²) in [6, 6.07) is 0.804. The molecule has 0 spiro atoms. The molecule has 0 aliphatic carbocycles. The van der Waals surface area contributed by atoms with Crippen LogP contribution in [0.1, 0.15) is 17.6 Å². The van der Waals surface area contributed by atoms with Crippen LogP contribution >= 0.6 is 11.6 Å². The number of halogens is 3. The van der Waals surface area contributed by atoms with Crippen molar-refractivity contribution in [2.45, 2.75) is 12.3 Å². The Morgan fingerprint density at radius 3 is 2.69 bits per heavy atom. The second kappa shape index (κ2) is 3.74. The van der Waals surface area contributed by atoms with E-state index in [1.54, 1.807) is 0 Å². The number of pyridine rings is 1. The minimum absolute atomic E-state index is 0.0799. The fourth-order valence-electron chi connectivity index (χ4n) is 0.972. The predicted molar refractivity (Wildman–Crippen MR) is 46.0 cm³/mol. The fourth-order valence-corrected chi connectivity index (χ4v) is 1.27. The maximum Gasteiger partial charge on any atom is 0.264 e. The second-order valence-corrected chi connectivity index (χ2v) is 2.68. The zero-order valence-electron chi connectivity index (χ0n) is 6.48. The van der Waals surface area contributed by atoms with Gasteiger partial charge in [-0.2, -0.15) is 0 Å². The van der Waals surface area contributed by atoms with Gasteiger partial charge in [0.15, 0.2) is 0 Å². The molecular weight excluding hydrogens is 202 g/mol. The first-order chi connectivity index (χ1) is 6.06. The van der Waals surface area contributed by atoms with E-state index in [1.165, 1.54) is 0 Å². The topological polar surface area (TPSA) is 58.9 Å². The molecule has 72 valence electrons. The summed E-state index contributed by atoms with van der Waals surface area (Å²) in [7, 11) is 0.